The molecule has 0 aliphatic carbocycles. The molecule has 0 amide bonds. The molecule has 15 heavy (non-hydrogen) atoms. The SMILES string of the molecule is COc1ccc(C(F)(F)F)c(Cl)c1CN. The minimum absolute atomic E-state index is 0.105. The molecule has 2 nitrogen and oxygen atoms in total. The topological polar surface area (TPSA) is 35.2 Å². The largest absolute Gasteiger partial charge is 0.496 e. The van der Waals surface area contributed by atoms with Crippen molar-refractivity contribution in [1.82, 2.24) is 0 Å². The number of hydrogen-bond acceptors (Lipinski definition) is 2. The quantitative estimate of drug-likeness (QED) is 0.861. The van der Waals surface area contributed by atoms with Crippen LogP contribution in [0.15, 0.2) is 12.1 Å². The third-order valence-electron chi connectivity index (χ3n) is 1.93. The summed E-state index contributed by atoms with van der Waals surface area (Å²) in [7, 11) is 1.35. The van der Waals surface area contributed by atoms with Gasteiger partial charge in [0, 0.05) is 12.1 Å². The Morgan fingerprint density at radius 2 is 2.00 bits per heavy atom. The van der Waals surface area contributed by atoms with Gasteiger partial charge in [-0.1, -0.05) is 11.6 Å². The molecule has 0 fully saturated rings. The highest BCUT2D eigenvalue weighted by Crippen LogP contribution is 2.39. The standard InChI is InChI=1S/C9H9ClF3NO/c1-15-7-3-2-6(9(11,12)13)8(10)5(7)4-14/h2-3H,4,14H2,1H3. The molecule has 1 aromatic carbocycles. The molecule has 6 heteroatoms. The van der Waals surface area contributed by atoms with E-state index in [1.165, 1.54) is 13.2 Å². The van der Waals surface area contributed by atoms with Crippen LogP contribution >= 0.6 is 11.6 Å². The molecule has 1 aromatic rings. The van der Waals surface area contributed by atoms with Crippen LogP contribution in [-0.4, -0.2) is 7.11 Å². The Hall–Kier alpha value is -0.940. The predicted molar refractivity (Wildman–Crippen MR) is 50.9 cm³/mol. The van der Waals surface area contributed by atoms with E-state index in [-0.39, 0.29) is 17.9 Å². The van der Waals surface area contributed by atoms with Crippen molar-refractivity contribution in [1.29, 1.82) is 0 Å². The Balaban J connectivity index is 3.36. The second-order valence-electron chi connectivity index (χ2n) is 2.81. The predicted octanol–water partition coefficient (Wildman–Crippen LogP) is 2.83. The number of rotatable bonds is 2. The van der Waals surface area contributed by atoms with Gasteiger partial charge in [-0.15, -0.1) is 0 Å². The normalized spacial score (nSPS) is 11.6. The summed E-state index contributed by atoms with van der Waals surface area (Å²) in [5, 5.41) is -0.399. The van der Waals surface area contributed by atoms with Gasteiger partial charge in [-0.3, -0.25) is 0 Å². The van der Waals surface area contributed by atoms with Crippen molar-refractivity contribution in [3.05, 3.63) is 28.3 Å². The Labute approximate surface area is 89.8 Å². The van der Waals surface area contributed by atoms with Gasteiger partial charge in [-0.05, 0) is 12.1 Å². The van der Waals surface area contributed by atoms with Crippen LogP contribution in [0, 0.1) is 0 Å². The summed E-state index contributed by atoms with van der Waals surface area (Å²) in [5.74, 6) is 0.260. The first-order valence-electron chi connectivity index (χ1n) is 4.04. The molecule has 0 unspecified atom stereocenters. The van der Waals surface area contributed by atoms with Crippen molar-refractivity contribution < 1.29 is 17.9 Å². The van der Waals surface area contributed by atoms with Gasteiger partial charge >= 0.3 is 6.18 Å². The first-order valence-corrected chi connectivity index (χ1v) is 4.42. The molecule has 2 N–H and O–H groups in total. The monoisotopic (exact) mass is 239 g/mol. The highest BCUT2D eigenvalue weighted by atomic mass is 35.5. The molecule has 0 saturated heterocycles. The van der Waals surface area contributed by atoms with Crippen LogP contribution in [0.25, 0.3) is 0 Å². The van der Waals surface area contributed by atoms with Gasteiger partial charge in [0.25, 0.3) is 0 Å². The van der Waals surface area contributed by atoms with Gasteiger partial charge < -0.3 is 10.5 Å². The Morgan fingerprint density at radius 1 is 1.40 bits per heavy atom. The van der Waals surface area contributed by atoms with Crippen molar-refractivity contribution in [2.75, 3.05) is 7.11 Å². The smallest absolute Gasteiger partial charge is 0.417 e. The van der Waals surface area contributed by atoms with Crippen molar-refractivity contribution in [2.24, 2.45) is 5.73 Å². The summed E-state index contributed by atoms with van der Waals surface area (Å²) >= 11 is 5.60. The van der Waals surface area contributed by atoms with E-state index in [0.29, 0.717) is 0 Å². The lowest BCUT2D eigenvalue weighted by molar-refractivity contribution is -0.137. The van der Waals surface area contributed by atoms with Crippen LogP contribution < -0.4 is 10.5 Å². The third-order valence-corrected chi connectivity index (χ3v) is 2.36. The number of halogens is 4. The fraction of sp³-hybridized carbons (Fsp3) is 0.333. The average Bonchev–Trinajstić information content (AvgIpc) is 2.15. The minimum atomic E-state index is -4.48. The summed E-state index contributed by atoms with van der Waals surface area (Å²) in [5.41, 5.74) is 4.57. The summed E-state index contributed by atoms with van der Waals surface area (Å²) in [4.78, 5) is 0. The molecule has 0 heterocycles. The summed E-state index contributed by atoms with van der Waals surface area (Å²) in [6, 6.07) is 2.08. The number of ether oxygens (including phenoxy) is 1. The average molecular weight is 240 g/mol. The van der Waals surface area contributed by atoms with Gasteiger partial charge in [-0.25, -0.2) is 0 Å². The van der Waals surface area contributed by atoms with E-state index in [9.17, 15) is 13.2 Å². The van der Waals surface area contributed by atoms with Gasteiger partial charge in [0.05, 0.1) is 17.7 Å². The zero-order valence-corrected chi connectivity index (χ0v) is 8.62. The van der Waals surface area contributed by atoms with Crippen molar-refractivity contribution in [3.8, 4) is 5.75 Å². The fourth-order valence-electron chi connectivity index (χ4n) is 1.20. The maximum Gasteiger partial charge on any atom is 0.417 e. The van der Waals surface area contributed by atoms with Crippen LogP contribution in [0.2, 0.25) is 5.02 Å². The molecule has 0 aliphatic rings. The first-order chi connectivity index (χ1) is 6.91. The summed E-state index contributed by atoms with van der Waals surface area (Å²) in [6.07, 6.45) is -4.48. The second kappa shape index (κ2) is 4.28. The van der Waals surface area contributed by atoms with Gasteiger partial charge in [0.1, 0.15) is 5.75 Å². The van der Waals surface area contributed by atoms with Crippen LogP contribution in [0.5, 0.6) is 5.75 Å². The van der Waals surface area contributed by atoms with E-state index in [2.05, 4.69) is 0 Å². The molecule has 0 atom stereocenters. The zero-order valence-electron chi connectivity index (χ0n) is 7.86. The molecule has 1 rings (SSSR count). The highest BCUT2D eigenvalue weighted by Gasteiger charge is 2.34. The van der Waals surface area contributed by atoms with E-state index < -0.39 is 16.8 Å². The van der Waals surface area contributed by atoms with Crippen molar-refractivity contribution in [2.45, 2.75) is 12.7 Å². The van der Waals surface area contributed by atoms with Crippen LogP contribution in [0.3, 0.4) is 0 Å². The summed E-state index contributed by atoms with van der Waals surface area (Å²) in [6.45, 7) is -0.105. The Kier molecular flexibility index (Phi) is 3.46. The lowest BCUT2D eigenvalue weighted by Crippen LogP contribution is -2.10. The fourth-order valence-corrected chi connectivity index (χ4v) is 1.54. The van der Waals surface area contributed by atoms with E-state index in [1.807, 2.05) is 0 Å². The molecule has 0 saturated carbocycles. The van der Waals surface area contributed by atoms with Crippen LogP contribution in [-0.2, 0) is 12.7 Å². The minimum Gasteiger partial charge on any atom is -0.496 e. The van der Waals surface area contributed by atoms with Crippen LogP contribution in [0.4, 0.5) is 13.2 Å². The number of benzene rings is 1. The molecular weight excluding hydrogens is 231 g/mol. The summed E-state index contributed by atoms with van der Waals surface area (Å²) < 4.78 is 42.2. The van der Waals surface area contributed by atoms with Crippen LogP contribution in [0.1, 0.15) is 11.1 Å². The lowest BCUT2D eigenvalue weighted by atomic mass is 10.1. The number of alkyl halides is 3. The van der Waals surface area contributed by atoms with Crippen molar-refractivity contribution in [3.63, 3.8) is 0 Å². The van der Waals surface area contributed by atoms with Gasteiger partial charge in [0.15, 0.2) is 0 Å². The molecule has 0 aliphatic heterocycles. The molecule has 0 radical (unpaired) electrons. The van der Waals surface area contributed by atoms with E-state index >= 15 is 0 Å². The molecule has 0 spiro atoms. The maximum absolute atomic E-state index is 12.4. The van der Waals surface area contributed by atoms with E-state index in [4.69, 9.17) is 22.1 Å². The zero-order chi connectivity index (χ0) is 11.6. The molecule has 0 aromatic heterocycles. The van der Waals surface area contributed by atoms with Gasteiger partial charge in [-0.2, -0.15) is 13.2 Å². The highest BCUT2D eigenvalue weighted by molar-refractivity contribution is 6.32. The Morgan fingerprint density at radius 3 is 2.40 bits per heavy atom. The molecule has 0 bridgehead atoms. The maximum atomic E-state index is 12.4. The lowest BCUT2D eigenvalue weighted by Gasteiger charge is -2.14. The first kappa shape index (κ1) is 12.1. The Bertz CT molecular complexity index is 365. The molecule has 84 valence electrons. The van der Waals surface area contributed by atoms with Gasteiger partial charge in [0.2, 0.25) is 0 Å². The van der Waals surface area contributed by atoms with E-state index in [1.54, 1.807) is 0 Å². The number of hydrogen-bond donors (Lipinski definition) is 1. The van der Waals surface area contributed by atoms with Crippen molar-refractivity contribution >= 4 is 11.6 Å². The van der Waals surface area contributed by atoms with E-state index in [0.717, 1.165) is 6.07 Å². The number of methoxy groups -OCH3 is 1. The molecular formula is C9H9ClF3NO. The number of nitrogens with two attached hydrogens (primary N) is 1. The second-order valence-corrected chi connectivity index (χ2v) is 3.19. The third kappa shape index (κ3) is 2.35.